The van der Waals surface area contributed by atoms with Gasteiger partial charge in [-0.2, -0.15) is 5.26 Å². The third-order valence-corrected chi connectivity index (χ3v) is 30.1. The number of amides is 3. The predicted molar refractivity (Wildman–Crippen MR) is 530 cm³/mol. The van der Waals surface area contributed by atoms with Crippen LogP contribution in [0, 0.1) is 44.3 Å². The first-order valence-corrected chi connectivity index (χ1v) is 48.3. The number of ketones is 4. The molecule has 11 aliphatic rings. The topological polar surface area (TPSA) is 511 Å². The number of carboxylic acid groups (broad SMARTS) is 1. The number of hydrogen-bond donors (Lipinski definition) is 6. The SMILES string of the molecule is COC(=O)c1cccc2c1C(O)C1(CCNC1=O)C2.COC(=O)c1cccc2c1CC(C(=O)OC)C2=O.COC(=O)c1cccc2c1CC(CC#N)(C(=O)OC)C2=O.COC(=O)c1cccc2c1CC(CCN)(C(=O)OC)C2O.COC(=O)c1cccc2c1CC1(CCNC1=O)C2.COC(=O)c1cccc2c1CCC2=O.O=C(O)c1cccc2c1CC1(CCN(Cc3ccc(Cl)cc3)C1=O)C2.O=C1CCc2c(Br)cccc21. The van der Waals surface area contributed by atoms with Crippen LogP contribution in [-0.2, 0) is 142 Å². The first kappa shape index (κ1) is 109. The van der Waals surface area contributed by atoms with E-state index in [9.17, 15) is 96.8 Å². The molecule has 3 aliphatic heterocycles. The molecule has 36 heteroatoms. The Morgan fingerprint density at radius 1 is 0.456 bits per heavy atom. The Balaban J connectivity index is 0.000000142. The fourth-order valence-corrected chi connectivity index (χ4v) is 22.3. The third kappa shape index (κ3) is 21.5. The largest absolute Gasteiger partial charge is 0.478 e. The lowest BCUT2D eigenvalue weighted by Crippen LogP contribution is -2.38. The number of fused-ring (bicyclic) bond motifs is 8. The lowest BCUT2D eigenvalue weighted by Gasteiger charge is -2.29. The number of halogens is 2. The zero-order valence-electron chi connectivity index (χ0n) is 82.1. The van der Waals surface area contributed by atoms with Gasteiger partial charge in [-0.1, -0.05) is 137 Å². The van der Waals surface area contributed by atoms with Gasteiger partial charge >= 0.3 is 59.7 Å². The van der Waals surface area contributed by atoms with Gasteiger partial charge < -0.3 is 79.2 Å². The molecule has 34 nitrogen and oxygen atoms in total. The number of rotatable bonds is 15. The van der Waals surface area contributed by atoms with Gasteiger partial charge in [0.25, 0.3) is 0 Å². The van der Waals surface area contributed by atoms with E-state index in [1.807, 2.05) is 77.7 Å². The molecule has 3 fully saturated rings. The number of nitrogens with one attached hydrogen (secondary N) is 2. The van der Waals surface area contributed by atoms with Crippen molar-refractivity contribution in [2.24, 2.45) is 38.7 Å². The second kappa shape index (κ2) is 46.5. The highest BCUT2D eigenvalue weighted by atomic mass is 79.9. The summed E-state index contributed by atoms with van der Waals surface area (Å²) in [5, 5.41) is 45.9. The van der Waals surface area contributed by atoms with Gasteiger partial charge in [-0.25, -0.2) is 33.6 Å². The smallest absolute Gasteiger partial charge is 0.338 e. The number of carboxylic acids is 1. The van der Waals surface area contributed by atoms with Crippen LogP contribution < -0.4 is 16.4 Å². The molecule has 0 aromatic heterocycles. The Labute approximate surface area is 859 Å². The van der Waals surface area contributed by atoms with Gasteiger partial charge in [0.05, 0.1) is 144 Å². The number of nitrogens with zero attached hydrogens (tertiary/aromatic N) is 2. The third-order valence-electron chi connectivity index (χ3n) is 29.1. The molecule has 147 heavy (non-hydrogen) atoms. The Morgan fingerprint density at radius 3 is 1.46 bits per heavy atom. The van der Waals surface area contributed by atoms with Crippen LogP contribution in [0.4, 0.5) is 0 Å². The van der Waals surface area contributed by atoms with E-state index in [-0.39, 0.29) is 102 Å². The van der Waals surface area contributed by atoms with Gasteiger partial charge in [-0.05, 0) is 229 Å². The van der Waals surface area contributed by atoms with Gasteiger partial charge in [-0.15, -0.1) is 0 Å². The number of methoxy groups -OCH3 is 9. The van der Waals surface area contributed by atoms with E-state index < -0.39 is 93.3 Å². The normalized spacial score (nSPS) is 21.2. The van der Waals surface area contributed by atoms with Gasteiger partial charge in [-0.3, -0.25) is 47.9 Å². The minimum absolute atomic E-state index is 0.0350. The summed E-state index contributed by atoms with van der Waals surface area (Å²) in [5.41, 5.74) is 16.8. The summed E-state index contributed by atoms with van der Waals surface area (Å²) in [6, 6.07) is 50.9. The van der Waals surface area contributed by atoms with Crippen molar-refractivity contribution in [2.45, 2.75) is 128 Å². The second-order valence-corrected chi connectivity index (χ2v) is 38.2. The molecule has 3 amide bonds. The van der Waals surface area contributed by atoms with Gasteiger partial charge in [0.15, 0.2) is 23.1 Å². The minimum Gasteiger partial charge on any atom is -0.478 e. The van der Waals surface area contributed by atoms with Crippen LogP contribution in [0.1, 0.15) is 243 Å². The van der Waals surface area contributed by atoms with E-state index in [1.165, 1.54) is 81.7 Å². The van der Waals surface area contributed by atoms with E-state index >= 15 is 0 Å². The van der Waals surface area contributed by atoms with Crippen molar-refractivity contribution >= 4 is 128 Å². The predicted octanol–water partition coefficient (Wildman–Crippen LogP) is 12.2. The van der Waals surface area contributed by atoms with E-state index in [0.717, 1.165) is 81.2 Å². The van der Waals surface area contributed by atoms with Crippen molar-refractivity contribution in [1.82, 2.24) is 15.5 Å². The molecule has 9 aromatic carbocycles. The Bertz CT molecular complexity index is 6870. The average molecular weight is 2090 g/mol. The summed E-state index contributed by atoms with van der Waals surface area (Å²) in [4.78, 5) is 203. The van der Waals surface area contributed by atoms with Crippen LogP contribution in [0.2, 0.25) is 5.02 Å². The number of hydrogen-bond acceptors (Lipinski definition) is 30. The summed E-state index contributed by atoms with van der Waals surface area (Å²) in [6.45, 7) is 2.81. The number of aliphatic hydroxyl groups is 2. The van der Waals surface area contributed by atoms with Crippen molar-refractivity contribution in [3.05, 3.63) is 313 Å². The molecule has 0 saturated carbocycles. The van der Waals surface area contributed by atoms with Crippen LogP contribution in [0.5, 0.6) is 0 Å². The lowest BCUT2D eigenvalue weighted by atomic mass is 9.79. The van der Waals surface area contributed by atoms with Crippen LogP contribution in [0.15, 0.2) is 174 Å². The summed E-state index contributed by atoms with van der Waals surface area (Å²) in [7, 11) is 11.5. The highest BCUT2D eigenvalue weighted by Gasteiger charge is 2.58. The number of carbonyl (C=O) groups excluding carboxylic acids is 16. The molecule has 3 spiro atoms. The van der Waals surface area contributed by atoms with Crippen molar-refractivity contribution in [2.75, 3.05) is 90.2 Å². The molecule has 8 atom stereocenters. The van der Waals surface area contributed by atoms with E-state index in [2.05, 4.69) is 45.5 Å². The monoisotopic (exact) mass is 2090 g/mol. The highest BCUT2D eigenvalue weighted by molar-refractivity contribution is 9.10. The fraction of sp³-hybridized carbons (Fsp3) is 0.351. The van der Waals surface area contributed by atoms with Crippen molar-refractivity contribution in [1.29, 1.82) is 5.26 Å². The average Bonchev–Trinajstić information content (AvgIpc) is 1.58. The molecule has 3 heterocycles. The molecule has 8 unspecified atom stereocenters. The molecule has 7 N–H and O–H groups in total. The maximum absolute atomic E-state index is 13.1. The summed E-state index contributed by atoms with van der Waals surface area (Å²) < 4.78 is 43.5. The first-order valence-electron chi connectivity index (χ1n) is 47.2. The fourth-order valence-electron chi connectivity index (χ4n) is 21.6. The standard InChI is InChI=1S/C20H18ClNO3.C15H19NO5.C15H13NO5.C14H15NO4.C14H15NO3.C13H12O5.C11H10O3.C9H7BrO/c21-15-6-4-13(5-7-15)12-22-9-8-20(19(22)25)10-14-2-1-3-16(18(23)24)17(14)11-20;2*1-20-13(18)10-5-3-4-9-11(10)8-15(6-7-16,12(9)17)14(19)21-2;1-19-12(17)9-4-2-3-8-7-14(11(16)10(8)9)5-6-15-13(14)18;1-18-12(16)10-4-2-3-9-7-14(8-11(9)10)5-6-15-13(14)17;1-17-12(15)8-5-3-4-7-9(8)6-10(11(7)14)13(16)18-2;1-14-11(13)9-4-2-3-8-7(9)5-6-10(8)12;10-8-3-1-2-7-6(8)4-5-9(7)11/h1-7H,8-12H2,(H,23,24);3-5,12,17H,6-8,16H2,1-2H3;3-5H,6,8H2,1-2H3;2-4,11,16H,5-7H2,1H3,(H,15,18);2-4H,5-8H2,1H3,(H,15,17);3-5,10H,6H2,1-2H3;2-4H,5-6H2,1H3;1-3H,4-5H2. The minimum atomic E-state index is -1.57. The summed E-state index contributed by atoms with van der Waals surface area (Å²) >= 11 is 9.34. The van der Waals surface area contributed by atoms with Crippen LogP contribution in [0.25, 0.3) is 0 Å². The molecule has 766 valence electrons. The zero-order valence-corrected chi connectivity index (χ0v) is 84.5. The van der Waals surface area contributed by atoms with Gasteiger partial charge in [0.2, 0.25) is 17.7 Å². The van der Waals surface area contributed by atoms with Crippen LogP contribution in [0.3, 0.4) is 0 Å². The number of likely N-dealkylation sites (tertiary alicyclic amines) is 1. The molecule has 20 rings (SSSR count). The summed E-state index contributed by atoms with van der Waals surface area (Å²) in [5.74, 6) is -6.66. The Kier molecular flexibility index (Phi) is 34.5. The maximum atomic E-state index is 13.1. The van der Waals surface area contributed by atoms with Crippen molar-refractivity contribution in [3.63, 3.8) is 0 Å². The van der Waals surface area contributed by atoms with E-state index in [0.29, 0.717) is 148 Å². The molecule has 8 aliphatic carbocycles. The molecule has 0 bridgehead atoms. The quantitative estimate of drug-likeness (QED) is 0.0315. The van der Waals surface area contributed by atoms with Crippen LogP contribution in [-0.4, -0.2) is 211 Å². The number of ether oxygens (including phenoxy) is 9. The Morgan fingerprint density at radius 2 is 0.925 bits per heavy atom. The maximum Gasteiger partial charge on any atom is 0.338 e. The van der Waals surface area contributed by atoms with Gasteiger partial charge in [0.1, 0.15) is 16.7 Å². The number of nitrogens with two attached hydrogens (primary N) is 1. The Hall–Kier alpha value is -15.1. The molecule has 9 aromatic rings. The highest BCUT2D eigenvalue weighted by Crippen LogP contribution is 2.54. The second-order valence-electron chi connectivity index (χ2n) is 36.9. The molecular formula is C111H109BrClN5O29. The first-order chi connectivity index (χ1) is 70.4. The molecule has 0 radical (unpaired) electrons. The number of aliphatic hydroxyl groups excluding tert-OH is 2. The van der Waals surface area contributed by atoms with Crippen molar-refractivity contribution < 1.29 is 139 Å². The van der Waals surface area contributed by atoms with E-state index in [4.69, 9.17) is 46.3 Å². The number of esters is 9. The lowest BCUT2D eigenvalue weighted by molar-refractivity contribution is -0.160. The number of aromatic carboxylic acids is 1. The number of Topliss-reactive ketones (excluding diaryl/α,β-unsaturated/α-hetero) is 4. The summed E-state index contributed by atoms with van der Waals surface area (Å²) in [6.07, 6.45) is 6.31. The number of benzene rings is 9. The number of carbonyl (C=O) groups is 17. The molecular weight excluding hydrogens is 1980 g/mol. The van der Waals surface area contributed by atoms with Crippen LogP contribution >= 0.6 is 27.5 Å². The molecule has 3 saturated heterocycles. The van der Waals surface area contributed by atoms with Gasteiger partial charge in [0, 0.05) is 70.8 Å². The van der Waals surface area contributed by atoms with Crippen molar-refractivity contribution in [3.8, 4) is 6.07 Å². The number of nitriles is 1. The van der Waals surface area contributed by atoms with E-state index in [1.54, 1.807) is 91.0 Å². The zero-order chi connectivity index (χ0) is 106.